The van der Waals surface area contributed by atoms with Crippen molar-refractivity contribution in [2.45, 2.75) is 37.5 Å². The normalized spacial score (nSPS) is 23.5. The SMILES string of the molecule is O=S(=O)(CCC(F)(F)F)N1CC[C@H]2C[C@@H]1CN2c1ncc2cnc3[nH]ccc3n12. The third-order valence-corrected chi connectivity index (χ3v) is 7.70. The molecule has 8 nitrogen and oxygen atoms in total. The third-order valence-electron chi connectivity index (χ3n) is 5.78. The Balaban J connectivity index is 1.44. The van der Waals surface area contributed by atoms with Crippen LogP contribution >= 0.6 is 0 Å². The Hall–Kier alpha value is -2.34. The molecule has 2 saturated heterocycles. The van der Waals surface area contributed by atoms with Crippen molar-refractivity contribution in [1.29, 1.82) is 0 Å². The average Bonchev–Trinajstić information content (AvgIpc) is 3.35. The first-order valence-corrected chi connectivity index (χ1v) is 11.0. The Kier molecular flexibility index (Phi) is 4.07. The maximum Gasteiger partial charge on any atom is 0.390 e. The highest BCUT2D eigenvalue weighted by Gasteiger charge is 2.46. The number of nitrogens with zero attached hydrogens (tertiary/aromatic N) is 5. The van der Waals surface area contributed by atoms with Crippen LogP contribution < -0.4 is 4.90 Å². The van der Waals surface area contributed by atoms with E-state index in [1.807, 2.05) is 10.5 Å². The molecule has 2 fully saturated rings. The predicted molar refractivity (Wildman–Crippen MR) is 100 cm³/mol. The van der Waals surface area contributed by atoms with Gasteiger partial charge in [-0.25, -0.2) is 18.4 Å². The van der Waals surface area contributed by atoms with Crippen LogP contribution in [0.15, 0.2) is 24.7 Å². The predicted octanol–water partition coefficient (Wildman–Crippen LogP) is 2.15. The largest absolute Gasteiger partial charge is 0.390 e. The second-order valence-electron chi connectivity index (χ2n) is 7.56. The van der Waals surface area contributed by atoms with E-state index in [1.54, 1.807) is 18.6 Å². The molecule has 0 unspecified atom stereocenters. The number of aromatic nitrogens is 4. The van der Waals surface area contributed by atoms with Gasteiger partial charge in [-0.2, -0.15) is 17.5 Å². The van der Waals surface area contributed by atoms with Gasteiger partial charge >= 0.3 is 6.18 Å². The van der Waals surface area contributed by atoms with Crippen LogP contribution in [-0.2, 0) is 10.0 Å². The lowest BCUT2D eigenvalue weighted by Gasteiger charge is -2.31. The second-order valence-corrected chi connectivity index (χ2v) is 9.61. The van der Waals surface area contributed by atoms with E-state index in [1.165, 1.54) is 4.31 Å². The summed E-state index contributed by atoms with van der Waals surface area (Å²) < 4.78 is 65.9. The molecule has 0 aromatic carbocycles. The number of halogens is 3. The van der Waals surface area contributed by atoms with E-state index in [2.05, 4.69) is 19.9 Å². The van der Waals surface area contributed by atoms with E-state index in [4.69, 9.17) is 0 Å². The van der Waals surface area contributed by atoms with Gasteiger partial charge in [-0.3, -0.25) is 4.40 Å². The summed E-state index contributed by atoms with van der Waals surface area (Å²) in [5.74, 6) is -0.200. The number of H-pyrrole nitrogens is 1. The van der Waals surface area contributed by atoms with Crippen LogP contribution in [0.25, 0.3) is 16.7 Å². The van der Waals surface area contributed by atoms with Crippen LogP contribution in [-0.4, -0.2) is 69.2 Å². The average molecular weight is 428 g/mol. The van der Waals surface area contributed by atoms with Crippen molar-refractivity contribution >= 4 is 32.7 Å². The van der Waals surface area contributed by atoms with Crippen LogP contribution in [0.3, 0.4) is 0 Å². The van der Waals surface area contributed by atoms with Crippen LogP contribution in [0.1, 0.15) is 19.3 Å². The van der Waals surface area contributed by atoms with Crippen LogP contribution in [0.2, 0.25) is 0 Å². The van der Waals surface area contributed by atoms with Crippen LogP contribution in [0.5, 0.6) is 0 Å². The monoisotopic (exact) mass is 428 g/mol. The Morgan fingerprint density at radius 3 is 2.79 bits per heavy atom. The minimum atomic E-state index is -4.49. The second kappa shape index (κ2) is 6.33. The third kappa shape index (κ3) is 3.14. The molecule has 0 amide bonds. The fraction of sp³-hybridized carbons (Fsp3) is 0.529. The number of alkyl halides is 3. The lowest BCUT2D eigenvalue weighted by molar-refractivity contribution is -0.130. The number of piperidine rings is 1. The zero-order chi connectivity index (χ0) is 20.4. The number of aromatic amines is 1. The van der Waals surface area contributed by atoms with Crippen molar-refractivity contribution < 1.29 is 21.6 Å². The molecular weight excluding hydrogens is 409 g/mol. The van der Waals surface area contributed by atoms with Crippen molar-refractivity contribution in [3.63, 3.8) is 0 Å². The van der Waals surface area contributed by atoms with E-state index < -0.39 is 28.4 Å². The molecule has 2 aliphatic rings. The highest BCUT2D eigenvalue weighted by atomic mass is 32.2. The summed E-state index contributed by atoms with van der Waals surface area (Å²) in [6.45, 7) is 0.639. The van der Waals surface area contributed by atoms with Crippen molar-refractivity contribution in [2.24, 2.45) is 0 Å². The lowest BCUT2D eigenvalue weighted by Crippen LogP contribution is -2.45. The van der Waals surface area contributed by atoms with E-state index in [0.717, 1.165) is 16.7 Å². The molecule has 2 aliphatic heterocycles. The summed E-state index contributed by atoms with van der Waals surface area (Å²) >= 11 is 0. The van der Waals surface area contributed by atoms with Crippen molar-refractivity contribution in [3.05, 3.63) is 24.7 Å². The van der Waals surface area contributed by atoms with Crippen molar-refractivity contribution in [3.8, 4) is 0 Å². The molecular formula is C17H19F3N6O2S. The molecule has 0 saturated carbocycles. The number of sulfonamides is 1. The highest BCUT2D eigenvalue weighted by molar-refractivity contribution is 7.89. The number of hydrogen-bond acceptors (Lipinski definition) is 5. The van der Waals surface area contributed by atoms with Gasteiger partial charge in [-0.1, -0.05) is 0 Å². The minimum absolute atomic E-state index is 0.0989. The lowest BCUT2D eigenvalue weighted by atomic mass is 10.1. The molecule has 5 rings (SSSR count). The summed E-state index contributed by atoms with van der Waals surface area (Å²) in [7, 11) is -3.97. The Bertz CT molecular complexity index is 1170. The number of fused-ring (bicyclic) bond motifs is 5. The smallest absolute Gasteiger partial charge is 0.345 e. The van der Waals surface area contributed by atoms with Gasteiger partial charge in [0.15, 0.2) is 5.65 Å². The molecule has 2 atom stereocenters. The number of rotatable bonds is 4. The molecule has 5 heterocycles. The van der Waals surface area contributed by atoms with Crippen LogP contribution in [0, 0.1) is 0 Å². The van der Waals surface area contributed by atoms with Gasteiger partial charge in [-0.15, -0.1) is 0 Å². The zero-order valence-electron chi connectivity index (χ0n) is 15.3. The molecule has 1 N–H and O–H groups in total. The van der Waals surface area contributed by atoms with E-state index in [0.29, 0.717) is 25.3 Å². The van der Waals surface area contributed by atoms with Gasteiger partial charge < -0.3 is 9.88 Å². The molecule has 29 heavy (non-hydrogen) atoms. The quantitative estimate of drug-likeness (QED) is 0.688. The maximum absolute atomic E-state index is 12.5. The Labute approximate surface area is 164 Å². The molecule has 3 aromatic rings. The Morgan fingerprint density at radius 2 is 2.00 bits per heavy atom. The van der Waals surface area contributed by atoms with Crippen molar-refractivity contribution in [2.75, 3.05) is 23.7 Å². The fourth-order valence-electron chi connectivity index (χ4n) is 4.47. The van der Waals surface area contributed by atoms with Gasteiger partial charge in [-0.05, 0) is 18.9 Å². The molecule has 12 heteroatoms. The molecule has 3 aromatic heterocycles. The topological polar surface area (TPSA) is 86.6 Å². The summed E-state index contributed by atoms with van der Waals surface area (Å²) in [5.41, 5.74) is 2.41. The van der Waals surface area contributed by atoms with Gasteiger partial charge in [0.25, 0.3) is 0 Å². The first-order chi connectivity index (χ1) is 13.7. The summed E-state index contributed by atoms with van der Waals surface area (Å²) in [4.78, 5) is 14.0. The van der Waals surface area contributed by atoms with Crippen molar-refractivity contribution in [1.82, 2.24) is 23.7 Å². The summed E-state index contributed by atoms with van der Waals surface area (Å²) in [5, 5.41) is 0. The van der Waals surface area contributed by atoms with Gasteiger partial charge in [0.05, 0.1) is 35.6 Å². The van der Waals surface area contributed by atoms with Crippen LogP contribution in [0.4, 0.5) is 19.1 Å². The summed E-state index contributed by atoms with van der Waals surface area (Å²) in [6, 6.07) is 1.65. The van der Waals surface area contributed by atoms with E-state index in [-0.39, 0.29) is 18.6 Å². The van der Waals surface area contributed by atoms with Gasteiger partial charge in [0.2, 0.25) is 16.0 Å². The molecule has 2 bridgehead atoms. The summed E-state index contributed by atoms with van der Waals surface area (Å²) in [6.07, 6.45) is 0.547. The first-order valence-electron chi connectivity index (χ1n) is 9.35. The molecule has 0 radical (unpaired) electrons. The van der Waals surface area contributed by atoms with Gasteiger partial charge in [0, 0.05) is 31.4 Å². The van der Waals surface area contributed by atoms with Gasteiger partial charge in [0.1, 0.15) is 0 Å². The number of nitrogens with one attached hydrogen (secondary N) is 1. The number of imidazole rings is 1. The molecule has 156 valence electrons. The van der Waals surface area contributed by atoms with E-state index >= 15 is 0 Å². The minimum Gasteiger partial charge on any atom is -0.345 e. The van der Waals surface area contributed by atoms with E-state index in [9.17, 15) is 21.6 Å². The standard InChI is InChI=1S/C17H19F3N6O2S/c18-17(19,20)3-6-29(27,28)25-5-2-11-7-12(25)10-24(11)16-23-9-13-8-22-15-14(26(13)16)1-4-21-15/h1,4,8-9,11-12,21H,2-3,5-7,10H2/t11-,12+/m0/s1. The maximum atomic E-state index is 12.5. The fourth-order valence-corrected chi connectivity index (χ4v) is 6.18. The Morgan fingerprint density at radius 1 is 1.21 bits per heavy atom. The first kappa shape index (κ1) is 18.7. The zero-order valence-corrected chi connectivity index (χ0v) is 16.1. The number of anilines is 1. The highest BCUT2D eigenvalue weighted by Crippen LogP contribution is 2.36. The molecule has 0 aliphatic carbocycles. The molecule has 0 spiro atoms. The number of hydrogen-bond donors (Lipinski definition) is 1.